The zero-order valence-electron chi connectivity index (χ0n) is 5.90. The van der Waals surface area contributed by atoms with Gasteiger partial charge < -0.3 is 4.74 Å². The molecule has 0 aromatic heterocycles. The quantitative estimate of drug-likeness (QED) is 0.649. The van der Waals surface area contributed by atoms with Crippen molar-refractivity contribution < 1.29 is 9.53 Å². The Balaban J connectivity index is 0.000001000. The number of hydrogen-bond donors (Lipinski definition) is 0. The second kappa shape index (κ2) is 5.74. The van der Waals surface area contributed by atoms with Gasteiger partial charge in [0, 0.05) is 0 Å². The Hall–Kier alpha value is -1.02. The lowest BCUT2D eigenvalue weighted by Crippen LogP contribution is -1.96. The predicted molar refractivity (Wildman–Crippen MR) is 45.2 cm³/mol. The molecule has 0 radical (unpaired) electrons. The van der Waals surface area contributed by atoms with Gasteiger partial charge in [-0.2, -0.15) is 0 Å². The maximum Gasteiger partial charge on any atom is 0.157 e. The number of benzene rings is 1. The fraction of sp³-hybridized carbons (Fsp3) is 0.125. The minimum absolute atomic E-state index is 0. The molecule has 0 fully saturated rings. The van der Waals surface area contributed by atoms with E-state index >= 15 is 0 Å². The summed E-state index contributed by atoms with van der Waals surface area (Å²) in [5.41, 5.74) is 0. The molecule has 0 saturated heterocycles. The van der Waals surface area contributed by atoms with E-state index in [0.29, 0.717) is 0 Å². The molecule has 0 bridgehead atoms. The summed E-state index contributed by atoms with van der Waals surface area (Å²) >= 11 is 0. The summed E-state index contributed by atoms with van der Waals surface area (Å²) < 4.78 is 4.99. The van der Waals surface area contributed by atoms with Crippen LogP contribution in [0.25, 0.3) is 0 Å². The number of rotatable bonds is 3. The number of ether oxygens (including phenoxy) is 1. The van der Waals surface area contributed by atoms with Crippen molar-refractivity contribution in [2.24, 2.45) is 0 Å². The van der Waals surface area contributed by atoms with Gasteiger partial charge in [-0.3, -0.25) is 4.79 Å². The van der Waals surface area contributed by atoms with E-state index in [4.69, 9.17) is 4.74 Å². The molecule has 1 aromatic rings. The van der Waals surface area contributed by atoms with E-state index in [9.17, 15) is 4.79 Å². The molecule has 60 valence electrons. The second-order valence-corrected chi connectivity index (χ2v) is 1.79. The van der Waals surface area contributed by atoms with E-state index in [1.165, 1.54) is 0 Å². The Morgan fingerprint density at radius 1 is 1.27 bits per heavy atom. The van der Waals surface area contributed by atoms with Crippen molar-refractivity contribution in [3.05, 3.63) is 30.3 Å². The fourth-order valence-electron chi connectivity index (χ4n) is 0.647. The van der Waals surface area contributed by atoms with Crippen LogP contribution < -0.4 is 4.74 Å². The van der Waals surface area contributed by atoms with Crippen molar-refractivity contribution in [1.29, 1.82) is 0 Å². The van der Waals surface area contributed by atoms with Gasteiger partial charge in [0.2, 0.25) is 0 Å². The highest BCUT2D eigenvalue weighted by Crippen LogP contribution is 2.06. The first-order chi connectivity index (χ1) is 4.93. The van der Waals surface area contributed by atoms with Crippen molar-refractivity contribution in [2.75, 3.05) is 6.61 Å². The van der Waals surface area contributed by atoms with Crippen molar-refractivity contribution in [2.45, 2.75) is 0 Å². The molecule has 0 amide bonds. The summed E-state index contributed by atoms with van der Waals surface area (Å²) in [6, 6.07) is 9.24. The van der Waals surface area contributed by atoms with Crippen LogP contribution in [0.4, 0.5) is 0 Å². The first kappa shape index (κ1) is 9.98. The third kappa shape index (κ3) is 3.63. The predicted octanol–water partition coefficient (Wildman–Crippen LogP) is 1.69. The zero-order chi connectivity index (χ0) is 7.23. The monoisotopic (exact) mass is 172 g/mol. The molecule has 0 spiro atoms. The van der Waals surface area contributed by atoms with Gasteiger partial charge in [0.1, 0.15) is 12.4 Å². The summed E-state index contributed by atoms with van der Waals surface area (Å²) in [7, 11) is 0. The molecule has 3 heteroatoms. The van der Waals surface area contributed by atoms with Crippen LogP contribution in [0.15, 0.2) is 30.3 Å². The van der Waals surface area contributed by atoms with Crippen LogP contribution in [-0.4, -0.2) is 12.9 Å². The van der Waals surface area contributed by atoms with Gasteiger partial charge in [-0.1, -0.05) is 18.2 Å². The largest absolute Gasteiger partial charge is 0.486 e. The van der Waals surface area contributed by atoms with E-state index in [1.807, 2.05) is 30.3 Å². The third-order valence-electron chi connectivity index (χ3n) is 1.06. The lowest BCUT2D eigenvalue weighted by molar-refractivity contribution is -0.109. The summed E-state index contributed by atoms with van der Waals surface area (Å²) in [5, 5.41) is 0. The summed E-state index contributed by atoms with van der Waals surface area (Å²) in [6.45, 7) is 0.129. The molecule has 11 heavy (non-hydrogen) atoms. The van der Waals surface area contributed by atoms with Crippen LogP contribution in [0, 0.1) is 0 Å². The Morgan fingerprint density at radius 3 is 2.45 bits per heavy atom. The van der Waals surface area contributed by atoms with Crippen LogP contribution in [0.1, 0.15) is 0 Å². The minimum Gasteiger partial charge on any atom is -0.486 e. The maximum atomic E-state index is 9.85. The first-order valence-electron chi connectivity index (χ1n) is 3.05. The Bertz CT molecular complexity index is 199. The molecule has 1 aromatic carbocycles. The SMILES string of the molecule is Cl.O=CCOc1ccccc1. The molecule has 0 saturated carbocycles. The molecule has 2 nitrogen and oxygen atoms in total. The van der Waals surface area contributed by atoms with Crippen LogP contribution >= 0.6 is 12.4 Å². The fourth-order valence-corrected chi connectivity index (χ4v) is 0.647. The van der Waals surface area contributed by atoms with Gasteiger partial charge in [0.05, 0.1) is 0 Å². The molecule has 0 aliphatic rings. The molecular weight excluding hydrogens is 164 g/mol. The summed E-state index contributed by atoms with van der Waals surface area (Å²) in [5.74, 6) is 0.731. The third-order valence-corrected chi connectivity index (χ3v) is 1.06. The first-order valence-corrected chi connectivity index (χ1v) is 3.05. The molecule has 0 heterocycles. The number of carbonyl (C=O) groups is 1. The second-order valence-electron chi connectivity index (χ2n) is 1.79. The van der Waals surface area contributed by atoms with Crippen molar-refractivity contribution >= 4 is 18.7 Å². The molecule has 0 atom stereocenters. The number of halogens is 1. The average molecular weight is 173 g/mol. The molecule has 0 unspecified atom stereocenters. The number of para-hydroxylation sites is 1. The number of carbonyl (C=O) groups excluding carboxylic acids is 1. The van der Waals surface area contributed by atoms with E-state index in [1.54, 1.807) is 0 Å². The van der Waals surface area contributed by atoms with Crippen LogP contribution in [0.5, 0.6) is 5.75 Å². The van der Waals surface area contributed by atoms with Gasteiger partial charge in [-0.05, 0) is 12.1 Å². The molecular formula is C8H9ClO2. The topological polar surface area (TPSA) is 26.3 Å². The average Bonchev–Trinajstić information content (AvgIpc) is 2.03. The van der Waals surface area contributed by atoms with Gasteiger partial charge >= 0.3 is 0 Å². The normalized spacial score (nSPS) is 8.00. The van der Waals surface area contributed by atoms with Gasteiger partial charge in [0.15, 0.2) is 6.29 Å². The van der Waals surface area contributed by atoms with Gasteiger partial charge in [-0.25, -0.2) is 0 Å². The smallest absolute Gasteiger partial charge is 0.157 e. The van der Waals surface area contributed by atoms with E-state index < -0.39 is 0 Å². The Morgan fingerprint density at radius 2 is 1.91 bits per heavy atom. The van der Waals surface area contributed by atoms with Gasteiger partial charge in [0.25, 0.3) is 0 Å². The Labute approximate surface area is 71.6 Å². The number of aldehydes is 1. The highest BCUT2D eigenvalue weighted by Gasteiger charge is 1.86. The molecule has 0 aliphatic carbocycles. The standard InChI is InChI=1S/C8H8O2.ClH/c9-6-7-10-8-4-2-1-3-5-8;/h1-6H,7H2;1H. The summed E-state index contributed by atoms with van der Waals surface area (Å²) in [6.07, 6.45) is 0.729. The van der Waals surface area contributed by atoms with E-state index in [-0.39, 0.29) is 19.0 Å². The molecule has 1 rings (SSSR count). The van der Waals surface area contributed by atoms with Crippen molar-refractivity contribution in [1.82, 2.24) is 0 Å². The lowest BCUT2D eigenvalue weighted by atomic mass is 10.3. The Kier molecular flexibility index (Phi) is 5.21. The minimum atomic E-state index is 0. The van der Waals surface area contributed by atoms with Crippen molar-refractivity contribution in [3.63, 3.8) is 0 Å². The highest BCUT2D eigenvalue weighted by atomic mass is 35.5. The number of hydrogen-bond acceptors (Lipinski definition) is 2. The lowest BCUT2D eigenvalue weighted by Gasteiger charge is -1.98. The van der Waals surface area contributed by atoms with Gasteiger partial charge in [-0.15, -0.1) is 12.4 Å². The van der Waals surface area contributed by atoms with Crippen molar-refractivity contribution in [3.8, 4) is 5.75 Å². The molecule has 0 aliphatic heterocycles. The highest BCUT2D eigenvalue weighted by molar-refractivity contribution is 5.85. The van der Waals surface area contributed by atoms with Crippen LogP contribution in [-0.2, 0) is 4.79 Å². The summed E-state index contributed by atoms with van der Waals surface area (Å²) in [4.78, 5) is 9.85. The van der Waals surface area contributed by atoms with E-state index in [2.05, 4.69) is 0 Å². The van der Waals surface area contributed by atoms with Crippen LogP contribution in [0.3, 0.4) is 0 Å². The molecule has 0 N–H and O–H groups in total. The zero-order valence-corrected chi connectivity index (χ0v) is 6.71. The van der Waals surface area contributed by atoms with Crippen LogP contribution in [0.2, 0.25) is 0 Å². The maximum absolute atomic E-state index is 9.85. The van der Waals surface area contributed by atoms with E-state index in [0.717, 1.165) is 12.0 Å².